The van der Waals surface area contributed by atoms with Gasteiger partial charge in [-0.2, -0.15) is 5.48 Å². The normalized spacial score (nSPS) is 26.5. The molecular formula is C20H25N3O7S. The third-order valence-electron chi connectivity index (χ3n) is 4.94. The zero-order chi connectivity index (χ0) is 22.6. The first-order valence-electron chi connectivity index (χ1n) is 9.65. The van der Waals surface area contributed by atoms with Gasteiger partial charge in [0.15, 0.2) is 11.0 Å². The fourth-order valence-electron chi connectivity index (χ4n) is 3.15. The monoisotopic (exact) mass is 451 g/mol. The Bertz CT molecular complexity index is 1010. The molecule has 0 spiro atoms. The fourth-order valence-corrected chi connectivity index (χ4v) is 3.40. The Morgan fingerprint density at radius 2 is 2.10 bits per heavy atom. The van der Waals surface area contributed by atoms with Gasteiger partial charge in [-0.15, -0.1) is 0 Å². The molecule has 168 valence electrons. The number of hydrogen-bond acceptors (Lipinski definition) is 9. The second kappa shape index (κ2) is 9.81. The highest BCUT2D eigenvalue weighted by Crippen LogP contribution is 2.38. The number of benzene rings is 1. The third-order valence-corrected chi connectivity index (χ3v) is 5.26. The molecule has 1 unspecified atom stereocenters. The van der Waals surface area contributed by atoms with Gasteiger partial charge in [0.1, 0.15) is 30.5 Å². The molecule has 0 radical (unpaired) electrons. The average molecular weight is 452 g/mol. The molecule has 1 aliphatic heterocycles. The van der Waals surface area contributed by atoms with Crippen molar-refractivity contribution in [2.24, 2.45) is 0 Å². The highest BCUT2D eigenvalue weighted by molar-refractivity contribution is 7.71. The molecule has 10 nitrogen and oxygen atoms in total. The van der Waals surface area contributed by atoms with Crippen LogP contribution in [0.3, 0.4) is 0 Å². The van der Waals surface area contributed by atoms with Crippen LogP contribution in [0, 0.1) is 4.77 Å². The van der Waals surface area contributed by atoms with E-state index in [4.69, 9.17) is 26.5 Å². The predicted molar refractivity (Wildman–Crippen MR) is 111 cm³/mol. The maximum Gasteiger partial charge on any atom is 0.325 e. The molecule has 2 aromatic rings. The molecule has 4 N–H and O–H groups in total. The summed E-state index contributed by atoms with van der Waals surface area (Å²) < 4.78 is 12.3. The molecule has 3 rings (SSSR count). The maximum absolute atomic E-state index is 12.1. The molecule has 1 aromatic carbocycles. The SMILES string of the molecule is C[C@H](NOC[C@H]1O[C@@H](n2ccc(=O)[nH]c2=S)[C@](C)(O)C1O)C(=O)OCc1ccccc1. The van der Waals surface area contributed by atoms with Crippen LogP contribution in [-0.2, 0) is 25.7 Å². The zero-order valence-corrected chi connectivity index (χ0v) is 17.9. The number of aromatic nitrogens is 2. The second-order valence-electron chi connectivity index (χ2n) is 7.46. The maximum atomic E-state index is 12.1. The molecular weight excluding hydrogens is 426 g/mol. The first-order chi connectivity index (χ1) is 14.7. The van der Waals surface area contributed by atoms with Crippen LogP contribution in [0.25, 0.3) is 0 Å². The molecule has 5 atom stereocenters. The Hall–Kier alpha value is -2.41. The van der Waals surface area contributed by atoms with Crippen LogP contribution in [0.5, 0.6) is 0 Å². The van der Waals surface area contributed by atoms with E-state index in [9.17, 15) is 19.8 Å². The number of aliphatic hydroxyl groups excluding tert-OH is 1. The largest absolute Gasteiger partial charge is 0.460 e. The number of H-pyrrole nitrogens is 1. The van der Waals surface area contributed by atoms with Crippen molar-refractivity contribution in [3.63, 3.8) is 0 Å². The van der Waals surface area contributed by atoms with E-state index in [1.165, 1.54) is 23.8 Å². The summed E-state index contributed by atoms with van der Waals surface area (Å²) in [7, 11) is 0. The number of carbonyl (C=O) groups excluding carboxylic acids is 1. The van der Waals surface area contributed by atoms with E-state index < -0.39 is 41.6 Å². The van der Waals surface area contributed by atoms with Crippen LogP contribution in [0.2, 0.25) is 0 Å². The molecule has 31 heavy (non-hydrogen) atoms. The van der Waals surface area contributed by atoms with Crippen LogP contribution in [0.15, 0.2) is 47.4 Å². The lowest BCUT2D eigenvalue weighted by Gasteiger charge is -2.27. The van der Waals surface area contributed by atoms with Gasteiger partial charge in [-0.25, -0.2) is 0 Å². The summed E-state index contributed by atoms with van der Waals surface area (Å²) in [5.41, 5.74) is 1.31. The minimum absolute atomic E-state index is 0.0412. The number of aromatic amines is 1. The van der Waals surface area contributed by atoms with Crippen LogP contribution < -0.4 is 11.0 Å². The summed E-state index contributed by atoms with van der Waals surface area (Å²) in [5.74, 6) is -0.513. The molecule has 0 bridgehead atoms. The minimum atomic E-state index is -1.70. The average Bonchev–Trinajstić information content (AvgIpc) is 2.96. The summed E-state index contributed by atoms with van der Waals surface area (Å²) >= 11 is 5.11. The van der Waals surface area contributed by atoms with Gasteiger partial charge in [0.25, 0.3) is 5.56 Å². The molecule has 1 saturated heterocycles. The summed E-state index contributed by atoms with van der Waals surface area (Å²) in [5, 5.41) is 21.2. The van der Waals surface area contributed by atoms with Gasteiger partial charge in [-0.1, -0.05) is 30.3 Å². The van der Waals surface area contributed by atoms with Crippen LogP contribution in [-0.4, -0.2) is 56.2 Å². The van der Waals surface area contributed by atoms with Gasteiger partial charge < -0.3 is 19.7 Å². The van der Waals surface area contributed by atoms with Gasteiger partial charge in [0.2, 0.25) is 0 Å². The van der Waals surface area contributed by atoms with Crippen molar-refractivity contribution in [3.8, 4) is 0 Å². The lowest BCUT2D eigenvalue weighted by molar-refractivity contribution is -0.153. The van der Waals surface area contributed by atoms with E-state index in [0.29, 0.717) is 0 Å². The molecule has 1 aromatic heterocycles. The Morgan fingerprint density at radius 3 is 2.77 bits per heavy atom. The lowest BCUT2D eigenvalue weighted by atomic mass is 9.96. The Labute approximate surface area is 183 Å². The molecule has 0 saturated carbocycles. The Morgan fingerprint density at radius 1 is 1.39 bits per heavy atom. The topological polar surface area (TPSA) is 135 Å². The Balaban J connectivity index is 1.52. The van der Waals surface area contributed by atoms with E-state index in [2.05, 4.69) is 10.5 Å². The van der Waals surface area contributed by atoms with E-state index in [0.717, 1.165) is 5.56 Å². The first-order valence-corrected chi connectivity index (χ1v) is 10.1. The Kier molecular flexibility index (Phi) is 7.36. The molecule has 2 heterocycles. The lowest BCUT2D eigenvalue weighted by Crippen LogP contribution is -2.45. The minimum Gasteiger partial charge on any atom is -0.460 e. The van der Waals surface area contributed by atoms with E-state index in [1.807, 2.05) is 30.3 Å². The van der Waals surface area contributed by atoms with E-state index in [1.54, 1.807) is 6.92 Å². The van der Waals surface area contributed by atoms with Crippen LogP contribution in [0.4, 0.5) is 0 Å². The zero-order valence-electron chi connectivity index (χ0n) is 17.1. The fraction of sp³-hybridized carbons (Fsp3) is 0.450. The highest BCUT2D eigenvalue weighted by atomic mass is 32.1. The third kappa shape index (κ3) is 5.45. The van der Waals surface area contributed by atoms with Crippen molar-refractivity contribution in [2.75, 3.05) is 6.61 Å². The molecule has 0 amide bonds. The first kappa shape index (κ1) is 23.3. The van der Waals surface area contributed by atoms with Crippen molar-refractivity contribution in [1.82, 2.24) is 15.0 Å². The number of rotatable bonds is 8. The number of aliphatic hydroxyl groups is 2. The van der Waals surface area contributed by atoms with E-state index >= 15 is 0 Å². The number of esters is 1. The van der Waals surface area contributed by atoms with Crippen molar-refractivity contribution in [3.05, 3.63) is 63.3 Å². The van der Waals surface area contributed by atoms with Crippen molar-refractivity contribution in [2.45, 2.75) is 50.5 Å². The number of nitrogens with one attached hydrogen (secondary N) is 2. The smallest absolute Gasteiger partial charge is 0.325 e. The number of hydrogen-bond donors (Lipinski definition) is 4. The van der Waals surface area contributed by atoms with Gasteiger partial charge in [0, 0.05) is 12.3 Å². The quantitative estimate of drug-likeness (QED) is 0.258. The molecule has 1 fully saturated rings. The summed E-state index contributed by atoms with van der Waals surface area (Å²) in [4.78, 5) is 31.2. The summed E-state index contributed by atoms with van der Waals surface area (Å²) in [6.45, 7) is 2.94. The van der Waals surface area contributed by atoms with Gasteiger partial charge >= 0.3 is 5.97 Å². The van der Waals surface area contributed by atoms with Gasteiger partial charge in [0.05, 0.1) is 6.61 Å². The second-order valence-corrected chi connectivity index (χ2v) is 7.85. The molecule has 0 aliphatic carbocycles. The van der Waals surface area contributed by atoms with E-state index in [-0.39, 0.29) is 18.0 Å². The predicted octanol–water partition coefficient (Wildman–Crippen LogP) is 0.568. The summed E-state index contributed by atoms with van der Waals surface area (Å²) in [6.07, 6.45) is -1.91. The van der Waals surface area contributed by atoms with Crippen molar-refractivity contribution in [1.29, 1.82) is 0 Å². The van der Waals surface area contributed by atoms with Crippen LogP contribution >= 0.6 is 12.2 Å². The summed E-state index contributed by atoms with van der Waals surface area (Å²) in [6, 6.07) is 9.72. The number of carbonyl (C=O) groups is 1. The number of hydroxylamine groups is 1. The van der Waals surface area contributed by atoms with Crippen LogP contribution in [0.1, 0.15) is 25.6 Å². The standard InChI is InChI=1S/C20H25N3O7S/c1-12(17(26)28-10-13-6-4-3-5-7-13)22-29-11-14-16(25)20(2,27)18(30-14)23-9-8-15(24)21-19(23)31/h3-9,12,14,16,18,22,25,27H,10-11H2,1-2H3,(H,21,24,31)/t12-,14+,16?,18+,20+/m0/s1. The molecule has 1 aliphatic rings. The van der Waals surface area contributed by atoms with Gasteiger partial charge in [-0.05, 0) is 31.6 Å². The highest BCUT2D eigenvalue weighted by Gasteiger charge is 2.53. The number of nitrogens with zero attached hydrogens (tertiary/aromatic N) is 1. The van der Waals surface area contributed by atoms with Crippen molar-refractivity contribution < 1.29 is 29.3 Å². The van der Waals surface area contributed by atoms with Gasteiger partial charge in [-0.3, -0.25) is 24.0 Å². The van der Waals surface area contributed by atoms with Crippen molar-refractivity contribution >= 4 is 18.2 Å². The molecule has 11 heteroatoms. The number of ether oxygens (including phenoxy) is 2.